The first-order valence-corrected chi connectivity index (χ1v) is 5.31. The van der Waals surface area contributed by atoms with Crippen molar-refractivity contribution in [2.24, 2.45) is 0 Å². The highest BCUT2D eigenvalue weighted by molar-refractivity contribution is 5.35. The van der Waals surface area contributed by atoms with Crippen molar-refractivity contribution in [3.63, 3.8) is 0 Å². The number of aromatic nitrogens is 4. The molecule has 2 aromatic heterocycles. The van der Waals surface area contributed by atoms with Crippen LogP contribution in [0.4, 0.5) is 0 Å². The third kappa shape index (κ3) is 1.59. The van der Waals surface area contributed by atoms with Gasteiger partial charge in [0.05, 0.1) is 5.69 Å². The molecular formula is C10H13N5. The van der Waals surface area contributed by atoms with Gasteiger partial charge in [-0.15, -0.1) is 10.2 Å². The lowest BCUT2D eigenvalue weighted by Gasteiger charge is -2.21. The fraction of sp³-hybridized carbons (Fsp3) is 0.500. The topological polar surface area (TPSA) is 55.1 Å². The Morgan fingerprint density at radius 2 is 2.40 bits per heavy atom. The summed E-state index contributed by atoms with van der Waals surface area (Å²) in [5, 5.41) is 15.7. The molecule has 3 heterocycles. The van der Waals surface area contributed by atoms with Crippen molar-refractivity contribution < 1.29 is 0 Å². The highest BCUT2D eigenvalue weighted by Gasteiger charge is 2.16. The number of hydrogen-bond acceptors (Lipinski definition) is 4. The Morgan fingerprint density at radius 1 is 1.40 bits per heavy atom. The van der Waals surface area contributed by atoms with Gasteiger partial charge in [0.15, 0.2) is 5.65 Å². The van der Waals surface area contributed by atoms with E-state index in [9.17, 15) is 0 Å². The van der Waals surface area contributed by atoms with E-state index < -0.39 is 0 Å². The fourth-order valence-electron chi connectivity index (χ4n) is 2.07. The van der Waals surface area contributed by atoms with Gasteiger partial charge in [-0.3, -0.25) is 0 Å². The van der Waals surface area contributed by atoms with Gasteiger partial charge >= 0.3 is 0 Å². The molecule has 78 valence electrons. The zero-order valence-electron chi connectivity index (χ0n) is 8.43. The summed E-state index contributed by atoms with van der Waals surface area (Å²) >= 11 is 0. The van der Waals surface area contributed by atoms with Crippen molar-refractivity contribution in [1.29, 1.82) is 0 Å². The predicted octanol–water partition coefficient (Wildman–Crippen LogP) is 0.591. The molecule has 15 heavy (non-hydrogen) atoms. The molecular weight excluding hydrogens is 190 g/mol. The van der Waals surface area contributed by atoms with Crippen molar-refractivity contribution >= 4 is 5.65 Å². The number of piperidine rings is 1. The molecule has 0 radical (unpaired) electrons. The smallest absolute Gasteiger partial charge is 0.177 e. The standard InChI is InChI=1S/C10H13N5/c1-2-8(6-11-5-1)9-3-4-10-13-12-7-15(10)14-9/h3-4,7-8,11H,1-2,5-6H2. The quantitative estimate of drug-likeness (QED) is 0.737. The average molecular weight is 203 g/mol. The molecule has 1 fully saturated rings. The Hall–Kier alpha value is -1.49. The SMILES string of the molecule is c1cc2nncn2nc1C1CCCNC1. The average Bonchev–Trinajstić information content (AvgIpc) is 2.77. The summed E-state index contributed by atoms with van der Waals surface area (Å²) in [6.45, 7) is 2.16. The van der Waals surface area contributed by atoms with Crippen molar-refractivity contribution in [2.45, 2.75) is 18.8 Å². The lowest BCUT2D eigenvalue weighted by molar-refractivity contribution is 0.451. The van der Waals surface area contributed by atoms with Crippen LogP contribution in [0.2, 0.25) is 0 Å². The number of hydrogen-bond donors (Lipinski definition) is 1. The first-order chi connectivity index (χ1) is 7.43. The van der Waals surface area contributed by atoms with E-state index in [0.717, 1.165) is 24.4 Å². The number of rotatable bonds is 1. The maximum atomic E-state index is 4.51. The molecule has 5 heteroatoms. The van der Waals surface area contributed by atoms with Crippen LogP contribution in [0.1, 0.15) is 24.5 Å². The van der Waals surface area contributed by atoms with Gasteiger partial charge in [-0.05, 0) is 31.5 Å². The van der Waals surface area contributed by atoms with Crippen LogP contribution in [0.15, 0.2) is 18.5 Å². The van der Waals surface area contributed by atoms with Crippen molar-refractivity contribution in [1.82, 2.24) is 25.1 Å². The van der Waals surface area contributed by atoms with E-state index in [4.69, 9.17) is 0 Å². The Kier molecular flexibility index (Phi) is 2.10. The molecule has 0 spiro atoms. The summed E-state index contributed by atoms with van der Waals surface area (Å²) in [6.07, 6.45) is 4.09. The van der Waals surface area contributed by atoms with Crippen LogP contribution in [0.5, 0.6) is 0 Å². The summed E-state index contributed by atoms with van der Waals surface area (Å²) in [5.74, 6) is 0.533. The van der Waals surface area contributed by atoms with E-state index >= 15 is 0 Å². The minimum atomic E-state index is 0.533. The molecule has 1 aliphatic heterocycles. The van der Waals surface area contributed by atoms with E-state index in [-0.39, 0.29) is 0 Å². The lowest BCUT2D eigenvalue weighted by atomic mass is 9.96. The van der Waals surface area contributed by atoms with Crippen LogP contribution in [0.3, 0.4) is 0 Å². The molecule has 0 saturated carbocycles. The Labute approximate surface area is 87.5 Å². The molecule has 1 aliphatic rings. The first-order valence-electron chi connectivity index (χ1n) is 5.31. The van der Waals surface area contributed by atoms with Gasteiger partial charge in [0, 0.05) is 12.5 Å². The van der Waals surface area contributed by atoms with Gasteiger partial charge in [0.2, 0.25) is 0 Å². The maximum absolute atomic E-state index is 4.51. The van der Waals surface area contributed by atoms with Crippen LogP contribution in [0.25, 0.3) is 5.65 Å². The highest BCUT2D eigenvalue weighted by Crippen LogP contribution is 2.20. The third-order valence-electron chi connectivity index (χ3n) is 2.90. The van der Waals surface area contributed by atoms with Crippen LogP contribution >= 0.6 is 0 Å². The zero-order valence-corrected chi connectivity index (χ0v) is 8.43. The number of nitrogens with one attached hydrogen (secondary N) is 1. The van der Waals surface area contributed by atoms with E-state index in [1.54, 1.807) is 10.8 Å². The molecule has 1 N–H and O–H groups in total. The normalized spacial score (nSPS) is 22.0. The van der Waals surface area contributed by atoms with Gasteiger partial charge in [-0.1, -0.05) is 0 Å². The van der Waals surface area contributed by atoms with E-state index in [2.05, 4.69) is 26.7 Å². The minimum Gasteiger partial charge on any atom is -0.316 e. The van der Waals surface area contributed by atoms with Crippen LogP contribution in [-0.2, 0) is 0 Å². The Bertz CT molecular complexity index is 458. The van der Waals surface area contributed by atoms with Gasteiger partial charge < -0.3 is 5.32 Å². The maximum Gasteiger partial charge on any atom is 0.177 e. The minimum absolute atomic E-state index is 0.533. The van der Waals surface area contributed by atoms with Crippen molar-refractivity contribution in [2.75, 3.05) is 13.1 Å². The monoisotopic (exact) mass is 203 g/mol. The molecule has 1 atom stereocenters. The van der Waals surface area contributed by atoms with Crippen LogP contribution < -0.4 is 5.32 Å². The summed E-state index contributed by atoms with van der Waals surface area (Å²) in [6, 6.07) is 4.03. The third-order valence-corrected chi connectivity index (χ3v) is 2.90. The summed E-state index contributed by atoms with van der Waals surface area (Å²) in [4.78, 5) is 0. The second kappa shape index (κ2) is 3.58. The van der Waals surface area contributed by atoms with E-state index in [1.165, 1.54) is 12.8 Å². The molecule has 1 saturated heterocycles. The molecule has 1 unspecified atom stereocenters. The Morgan fingerprint density at radius 3 is 3.27 bits per heavy atom. The van der Waals surface area contributed by atoms with Gasteiger partial charge in [0.25, 0.3) is 0 Å². The van der Waals surface area contributed by atoms with Crippen LogP contribution in [0, 0.1) is 0 Å². The lowest BCUT2D eigenvalue weighted by Crippen LogP contribution is -2.29. The Balaban J connectivity index is 1.95. The number of fused-ring (bicyclic) bond motifs is 1. The largest absolute Gasteiger partial charge is 0.316 e. The second-order valence-electron chi connectivity index (χ2n) is 3.94. The number of nitrogens with zero attached hydrogens (tertiary/aromatic N) is 4. The highest BCUT2D eigenvalue weighted by atomic mass is 15.3. The first kappa shape index (κ1) is 8.79. The molecule has 0 bridgehead atoms. The molecule has 2 aromatic rings. The van der Waals surface area contributed by atoms with Gasteiger partial charge in [0.1, 0.15) is 6.33 Å². The summed E-state index contributed by atoms with van der Waals surface area (Å²) < 4.78 is 1.74. The van der Waals surface area contributed by atoms with Crippen molar-refractivity contribution in [3.8, 4) is 0 Å². The zero-order chi connectivity index (χ0) is 10.1. The second-order valence-corrected chi connectivity index (χ2v) is 3.94. The molecule has 0 amide bonds. The van der Waals surface area contributed by atoms with Gasteiger partial charge in [-0.2, -0.15) is 5.10 Å². The molecule has 0 aromatic carbocycles. The summed E-state index contributed by atoms with van der Waals surface area (Å²) in [7, 11) is 0. The van der Waals surface area contributed by atoms with E-state index in [1.807, 2.05) is 6.07 Å². The van der Waals surface area contributed by atoms with E-state index in [0.29, 0.717) is 5.92 Å². The van der Waals surface area contributed by atoms with Crippen molar-refractivity contribution in [3.05, 3.63) is 24.2 Å². The molecule has 5 nitrogen and oxygen atoms in total. The predicted molar refractivity (Wildman–Crippen MR) is 55.6 cm³/mol. The molecule has 3 rings (SSSR count). The molecule has 0 aliphatic carbocycles. The van der Waals surface area contributed by atoms with Crippen LogP contribution in [-0.4, -0.2) is 32.9 Å². The summed E-state index contributed by atoms with van der Waals surface area (Å²) in [5.41, 5.74) is 1.94. The van der Waals surface area contributed by atoms with Gasteiger partial charge in [-0.25, -0.2) is 4.52 Å². The fourth-order valence-corrected chi connectivity index (χ4v) is 2.07.